The molecule has 0 amide bonds. The third-order valence-electron chi connectivity index (χ3n) is 13.0. The van der Waals surface area contributed by atoms with Crippen molar-refractivity contribution in [1.29, 1.82) is 0 Å². The molecular formula is C58H41N3. The molecule has 1 heterocycles. The molecule has 0 aliphatic heterocycles. The molecule has 0 saturated carbocycles. The standard InChI is InChI=1S/C58H41N3/c1-4-18-38(19-5-1)42-34-43(39-20-6-2-7-21-39)36-44(35-42)57-60-55(40-22-8-3-9-23-40)59-56(61-57)41-32-33-50-49-28-14-17-31-53(49)58(54(50)37-41)51-29-15-12-26-47(51)45-24-10-11-25-46(45)48-27-13-16-30-52(48)58/h1,4-6,8,10-37H,2-3,7,9H2. The minimum absolute atomic E-state index is 0.596. The van der Waals surface area contributed by atoms with Crippen molar-refractivity contribution in [2.24, 2.45) is 0 Å². The quantitative estimate of drug-likeness (QED) is 0.175. The zero-order chi connectivity index (χ0) is 40.3. The van der Waals surface area contributed by atoms with Gasteiger partial charge in [-0.3, -0.25) is 0 Å². The molecule has 0 radical (unpaired) electrons. The van der Waals surface area contributed by atoms with E-state index in [4.69, 9.17) is 15.0 Å². The van der Waals surface area contributed by atoms with Gasteiger partial charge in [-0.2, -0.15) is 0 Å². The van der Waals surface area contributed by atoms with E-state index in [1.165, 1.54) is 61.2 Å². The number of hydrogen-bond donors (Lipinski definition) is 0. The summed E-state index contributed by atoms with van der Waals surface area (Å²) in [7, 11) is 0. The van der Waals surface area contributed by atoms with Gasteiger partial charge in [0.1, 0.15) is 0 Å². The SMILES string of the molecule is C1=CC(c2cc(-c3ccccc3)cc(-c3nc(C4=CCCC=C4)nc(-c4ccc5c(c4)C4(c6ccccc6-c6ccccc6-c6ccccc64)c4ccccc4-5)n3)c2)=CCC1. The van der Waals surface area contributed by atoms with E-state index in [1.807, 2.05) is 0 Å². The number of allylic oxidation sites excluding steroid dienone is 8. The Morgan fingerprint density at radius 1 is 0.311 bits per heavy atom. The van der Waals surface area contributed by atoms with Crippen molar-refractivity contribution in [2.45, 2.75) is 31.1 Å². The maximum absolute atomic E-state index is 5.43. The van der Waals surface area contributed by atoms with E-state index in [0.29, 0.717) is 17.5 Å². The molecule has 3 heteroatoms. The van der Waals surface area contributed by atoms with Gasteiger partial charge in [-0.25, -0.2) is 15.0 Å². The fourth-order valence-corrected chi connectivity index (χ4v) is 10.3. The first-order chi connectivity index (χ1) is 30.2. The highest BCUT2D eigenvalue weighted by atomic mass is 15.0. The largest absolute Gasteiger partial charge is 0.208 e. The molecule has 7 aromatic carbocycles. The fourth-order valence-electron chi connectivity index (χ4n) is 10.3. The highest BCUT2D eigenvalue weighted by Crippen LogP contribution is 2.61. The van der Waals surface area contributed by atoms with Gasteiger partial charge in [-0.15, -0.1) is 0 Å². The molecule has 3 nitrogen and oxygen atoms in total. The van der Waals surface area contributed by atoms with Crippen molar-refractivity contribution in [3.63, 3.8) is 0 Å². The Labute approximate surface area is 356 Å². The Hall–Kier alpha value is -7.49. The van der Waals surface area contributed by atoms with E-state index in [1.54, 1.807) is 0 Å². The normalized spacial score (nSPS) is 15.1. The first-order valence-electron chi connectivity index (χ1n) is 21.5. The molecule has 0 unspecified atom stereocenters. The molecule has 4 aliphatic carbocycles. The van der Waals surface area contributed by atoms with Crippen molar-refractivity contribution in [2.75, 3.05) is 0 Å². The second kappa shape index (κ2) is 14.4. The summed E-state index contributed by atoms with van der Waals surface area (Å²) in [5.74, 6) is 2.02. The van der Waals surface area contributed by atoms with Gasteiger partial charge in [-0.1, -0.05) is 176 Å². The van der Waals surface area contributed by atoms with E-state index in [-0.39, 0.29) is 0 Å². The van der Waals surface area contributed by atoms with Crippen LogP contribution < -0.4 is 0 Å². The van der Waals surface area contributed by atoms with E-state index >= 15 is 0 Å². The van der Waals surface area contributed by atoms with Gasteiger partial charge < -0.3 is 0 Å². The van der Waals surface area contributed by atoms with E-state index in [9.17, 15) is 0 Å². The molecule has 0 atom stereocenters. The van der Waals surface area contributed by atoms with Crippen LogP contribution in [0.1, 0.15) is 59.3 Å². The van der Waals surface area contributed by atoms with Crippen LogP contribution in [-0.4, -0.2) is 15.0 Å². The molecule has 1 aromatic heterocycles. The third kappa shape index (κ3) is 5.68. The summed E-state index contributed by atoms with van der Waals surface area (Å²) in [6.45, 7) is 0. The molecule has 0 saturated heterocycles. The number of rotatable bonds is 5. The van der Waals surface area contributed by atoms with Crippen molar-refractivity contribution in [3.05, 3.63) is 234 Å². The number of fused-ring (bicyclic) bond motifs is 12. The average Bonchev–Trinajstić information content (AvgIpc) is 3.58. The Morgan fingerprint density at radius 2 is 0.787 bits per heavy atom. The molecule has 0 fully saturated rings. The van der Waals surface area contributed by atoms with Crippen LogP contribution in [0, 0.1) is 0 Å². The van der Waals surface area contributed by atoms with Crippen LogP contribution in [-0.2, 0) is 5.41 Å². The predicted octanol–water partition coefficient (Wildman–Crippen LogP) is 14.3. The number of nitrogens with zero attached hydrogens (tertiary/aromatic N) is 3. The lowest BCUT2D eigenvalue weighted by atomic mass is 9.66. The summed E-state index contributed by atoms with van der Waals surface area (Å²) in [5, 5.41) is 0. The Morgan fingerprint density at radius 3 is 1.39 bits per heavy atom. The van der Waals surface area contributed by atoms with Crippen molar-refractivity contribution < 1.29 is 0 Å². The summed E-state index contributed by atoms with van der Waals surface area (Å²) in [5.41, 5.74) is 19.6. The molecule has 288 valence electrons. The first-order valence-corrected chi connectivity index (χ1v) is 21.5. The summed E-state index contributed by atoms with van der Waals surface area (Å²) in [4.78, 5) is 16.0. The van der Waals surface area contributed by atoms with Crippen molar-refractivity contribution in [1.82, 2.24) is 15.0 Å². The topological polar surface area (TPSA) is 38.7 Å². The lowest BCUT2D eigenvalue weighted by Crippen LogP contribution is -2.29. The summed E-state index contributed by atoms with van der Waals surface area (Å²) in [6, 6.07) is 60.3. The molecule has 12 rings (SSSR count). The fraction of sp³-hybridized carbons (Fsp3) is 0.0862. The number of hydrogen-bond acceptors (Lipinski definition) is 3. The maximum atomic E-state index is 5.43. The second-order valence-electron chi connectivity index (χ2n) is 16.4. The minimum Gasteiger partial charge on any atom is -0.208 e. The molecule has 8 aromatic rings. The average molecular weight is 780 g/mol. The van der Waals surface area contributed by atoms with Crippen LogP contribution in [0.3, 0.4) is 0 Å². The van der Waals surface area contributed by atoms with E-state index in [2.05, 4.69) is 200 Å². The van der Waals surface area contributed by atoms with Crippen LogP contribution in [0.25, 0.3) is 78.4 Å². The molecule has 61 heavy (non-hydrogen) atoms. The Balaban J connectivity index is 1.11. The number of aromatic nitrogens is 3. The van der Waals surface area contributed by atoms with Crippen LogP contribution in [0.4, 0.5) is 0 Å². The lowest BCUT2D eigenvalue weighted by molar-refractivity contribution is 0.775. The molecule has 1 spiro atoms. The zero-order valence-electron chi connectivity index (χ0n) is 33.7. The molecule has 0 bridgehead atoms. The third-order valence-corrected chi connectivity index (χ3v) is 13.0. The smallest absolute Gasteiger partial charge is 0.164 e. The van der Waals surface area contributed by atoms with Gasteiger partial charge in [0, 0.05) is 16.7 Å². The molecular weight excluding hydrogens is 739 g/mol. The van der Waals surface area contributed by atoms with E-state index in [0.717, 1.165) is 59.1 Å². The summed E-state index contributed by atoms with van der Waals surface area (Å²) >= 11 is 0. The van der Waals surface area contributed by atoms with Gasteiger partial charge in [-0.05, 0) is 128 Å². The first kappa shape index (κ1) is 35.5. The highest BCUT2D eigenvalue weighted by Gasteiger charge is 2.49. The predicted molar refractivity (Wildman–Crippen MR) is 251 cm³/mol. The van der Waals surface area contributed by atoms with Gasteiger partial charge in [0.2, 0.25) is 0 Å². The second-order valence-corrected chi connectivity index (χ2v) is 16.4. The van der Waals surface area contributed by atoms with Crippen LogP contribution in [0.5, 0.6) is 0 Å². The monoisotopic (exact) mass is 779 g/mol. The molecule has 4 aliphatic rings. The van der Waals surface area contributed by atoms with Crippen molar-refractivity contribution in [3.8, 4) is 67.3 Å². The maximum Gasteiger partial charge on any atom is 0.164 e. The van der Waals surface area contributed by atoms with Crippen LogP contribution >= 0.6 is 0 Å². The molecule has 0 N–H and O–H groups in total. The minimum atomic E-state index is -0.596. The zero-order valence-corrected chi connectivity index (χ0v) is 33.7. The highest BCUT2D eigenvalue weighted by molar-refractivity contribution is 5.97. The Kier molecular flexibility index (Phi) is 8.34. The van der Waals surface area contributed by atoms with Gasteiger partial charge in [0.05, 0.1) is 5.41 Å². The summed E-state index contributed by atoms with van der Waals surface area (Å²) < 4.78 is 0. The van der Waals surface area contributed by atoms with Crippen molar-refractivity contribution >= 4 is 11.1 Å². The van der Waals surface area contributed by atoms with Gasteiger partial charge in [0.15, 0.2) is 17.5 Å². The van der Waals surface area contributed by atoms with Crippen LogP contribution in [0.15, 0.2) is 200 Å². The van der Waals surface area contributed by atoms with Crippen LogP contribution in [0.2, 0.25) is 0 Å². The van der Waals surface area contributed by atoms with Gasteiger partial charge in [0.25, 0.3) is 0 Å². The summed E-state index contributed by atoms with van der Waals surface area (Å²) in [6.07, 6.45) is 17.6. The Bertz CT molecular complexity index is 3130. The number of benzene rings is 7. The van der Waals surface area contributed by atoms with Gasteiger partial charge >= 0.3 is 0 Å². The lowest BCUT2D eigenvalue weighted by Gasteiger charge is -2.35. The van der Waals surface area contributed by atoms with E-state index < -0.39 is 5.41 Å².